The first-order valence-electron chi connectivity index (χ1n) is 5.82. The van der Waals surface area contributed by atoms with Crippen LogP contribution in [0.15, 0.2) is 23.1 Å². The second kappa shape index (κ2) is 6.01. The van der Waals surface area contributed by atoms with Gasteiger partial charge in [0, 0.05) is 49.8 Å². The Morgan fingerprint density at radius 3 is 2.67 bits per heavy atom. The van der Waals surface area contributed by atoms with Gasteiger partial charge >= 0.3 is 0 Å². The smallest absolute Gasteiger partial charge is 0.285 e. The third-order valence-electron chi connectivity index (χ3n) is 2.94. The van der Waals surface area contributed by atoms with E-state index in [1.807, 2.05) is 11.8 Å². The van der Waals surface area contributed by atoms with Crippen LogP contribution in [0, 0.1) is 10.1 Å². The second-order valence-corrected chi connectivity index (χ2v) is 5.35. The van der Waals surface area contributed by atoms with Gasteiger partial charge in [-0.15, -0.1) is 0 Å². The Kier molecular flexibility index (Phi) is 4.38. The van der Waals surface area contributed by atoms with Gasteiger partial charge in [0.05, 0.1) is 11.1 Å². The van der Waals surface area contributed by atoms with Gasteiger partial charge in [0.1, 0.15) is 0 Å². The van der Waals surface area contributed by atoms with Crippen LogP contribution in [0.4, 0.5) is 5.69 Å². The van der Waals surface area contributed by atoms with Crippen LogP contribution in [-0.2, 0) is 6.54 Å². The highest BCUT2D eigenvalue weighted by Gasteiger charge is 2.12. The highest BCUT2D eigenvalue weighted by Crippen LogP contribution is 2.09. The minimum Gasteiger partial charge on any atom is -0.308 e. The molecule has 0 saturated carbocycles. The highest BCUT2D eigenvalue weighted by atomic mass is 32.2. The van der Waals surface area contributed by atoms with Gasteiger partial charge in [0.25, 0.3) is 11.2 Å². The summed E-state index contributed by atoms with van der Waals surface area (Å²) in [5.41, 5.74) is -0.226. The fourth-order valence-electron chi connectivity index (χ4n) is 1.88. The molecule has 2 rings (SSSR count). The summed E-state index contributed by atoms with van der Waals surface area (Å²) in [6.45, 7) is 3.31. The predicted octanol–water partition coefficient (Wildman–Crippen LogP) is 0.805. The molecule has 0 aliphatic carbocycles. The molecule has 0 unspecified atom stereocenters. The number of hydrogen-bond acceptors (Lipinski definition) is 5. The van der Waals surface area contributed by atoms with Crippen molar-refractivity contribution in [1.29, 1.82) is 0 Å². The molecular formula is C11H15N3O3S. The molecule has 0 aromatic carbocycles. The van der Waals surface area contributed by atoms with Crippen molar-refractivity contribution in [3.05, 3.63) is 38.8 Å². The summed E-state index contributed by atoms with van der Waals surface area (Å²) in [6, 6.07) is 2.50. The second-order valence-electron chi connectivity index (χ2n) is 4.13. The molecular weight excluding hydrogens is 254 g/mol. The lowest BCUT2D eigenvalue weighted by atomic mass is 10.4. The number of pyridine rings is 1. The average Bonchev–Trinajstić information content (AvgIpc) is 2.38. The molecule has 6 nitrogen and oxygen atoms in total. The van der Waals surface area contributed by atoms with E-state index in [-0.39, 0.29) is 11.2 Å². The molecule has 1 aliphatic rings. The summed E-state index contributed by atoms with van der Waals surface area (Å²) in [5, 5.41) is 10.6. The SMILES string of the molecule is O=c1ccc([N+](=O)[O-])cn1CCN1CCSCC1. The quantitative estimate of drug-likeness (QED) is 0.597. The first kappa shape index (κ1) is 13.1. The minimum absolute atomic E-state index is 0.0381. The van der Waals surface area contributed by atoms with Crippen LogP contribution in [0.3, 0.4) is 0 Å². The predicted molar refractivity (Wildman–Crippen MR) is 71.1 cm³/mol. The highest BCUT2D eigenvalue weighted by molar-refractivity contribution is 7.99. The Labute approximate surface area is 109 Å². The lowest BCUT2D eigenvalue weighted by Gasteiger charge is -2.26. The van der Waals surface area contributed by atoms with Crippen LogP contribution >= 0.6 is 11.8 Å². The van der Waals surface area contributed by atoms with Crippen molar-refractivity contribution < 1.29 is 4.92 Å². The van der Waals surface area contributed by atoms with E-state index < -0.39 is 4.92 Å². The zero-order chi connectivity index (χ0) is 13.0. The maximum atomic E-state index is 11.6. The number of thioether (sulfide) groups is 1. The van der Waals surface area contributed by atoms with Gasteiger partial charge in [-0.05, 0) is 0 Å². The Morgan fingerprint density at radius 1 is 1.28 bits per heavy atom. The van der Waals surface area contributed by atoms with Crippen molar-refractivity contribution in [1.82, 2.24) is 9.47 Å². The van der Waals surface area contributed by atoms with E-state index >= 15 is 0 Å². The fraction of sp³-hybridized carbons (Fsp3) is 0.545. The first-order chi connectivity index (χ1) is 8.66. The third-order valence-corrected chi connectivity index (χ3v) is 3.88. The van der Waals surface area contributed by atoms with E-state index in [0.29, 0.717) is 6.54 Å². The van der Waals surface area contributed by atoms with E-state index in [9.17, 15) is 14.9 Å². The maximum absolute atomic E-state index is 11.6. The minimum atomic E-state index is -0.479. The summed E-state index contributed by atoms with van der Waals surface area (Å²) in [5.74, 6) is 2.23. The number of aromatic nitrogens is 1. The summed E-state index contributed by atoms with van der Waals surface area (Å²) in [4.78, 5) is 24.0. The van der Waals surface area contributed by atoms with Crippen LogP contribution in [0.5, 0.6) is 0 Å². The van der Waals surface area contributed by atoms with Crippen molar-refractivity contribution in [2.45, 2.75) is 6.54 Å². The molecule has 98 valence electrons. The van der Waals surface area contributed by atoms with Gasteiger partial charge in [-0.1, -0.05) is 0 Å². The Balaban J connectivity index is 2.01. The largest absolute Gasteiger partial charge is 0.308 e. The Bertz CT molecular complexity index is 483. The molecule has 2 heterocycles. The molecule has 0 radical (unpaired) electrons. The number of rotatable bonds is 4. The van der Waals surface area contributed by atoms with Gasteiger partial charge in [-0.3, -0.25) is 19.8 Å². The fourth-order valence-corrected chi connectivity index (χ4v) is 2.85. The normalized spacial score (nSPS) is 16.7. The van der Waals surface area contributed by atoms with E-state index in [0.717, 1.165) is 31.1 Å². The van der Waals surface area contributed by atoms with E-state index in [1.165, 1.54) is 22.9 Å². The average molecular weight is 269 g/mol. The zero-order valence-electron chi connectivity index (χ0n) is 9.95. The number of nitrogens with zero attached hydrogens (tertiary/aromatic N) is 3. The van der Waals surface area contributed by atoms with Crippen LogP contribution in [0.2, 0.25) is 0 Å². The monoisotopic (exact) mass is 269 g/mol. The molecule has 0 bridgehead atoms. The summed E-state index contributed by atoms with van der Waals surface area (Å²) in [6.07, 6.45) is 1.32. The maximum Gasteiger partial charge on any atom is 0.285 e. The van der Waals surface area contributed by atoms with Crippen LogP contribution in [0.1, 0.15) is 0 Å². The van der Waals surface area contributed by atoms with Crippen molar-refractivity contribution in [2.24, 2.45) is 0 Å². The molecule has 7 heteroatoms. The lowest BCUT2D eigenvalue weighted by molar-refractivity contribution is -0.385. The molecule has 1 saturated heterocycles. The van der Waals surface area contributed by atoms with E-state index in [1.54, 1.807) is 0 Å². The van der Waals surface area contributed by atoms with Crippen molar-refractivity contribution in [3.8, 4) is 0 Å². The van der Waals surface area contributed by atoms with Gasteiger partial charge in [-0.2, -0.15) is 11.8 Å². The van der Waals surface area contributed by atoms with Gasteiger partial charge in [0.2, 0.25) is 0 Å². The molecule has 1 aliphatic heterocycles. The molecule has 0 spiro atoms. The van der Waals surface area contributed by atoms with Gasteiger partial charge in [0.15, 0.2) is 0 Å². The van der Waals surface area contributed by atoms with E-state index in [2.05, 4.69) is 4.90 Å². The number of nitro groups is 1. The van der Waals surface area contributed by atoms with Crippen LogP contribution in [-0.4, -0.2) is 45.5 Å². The molecule has 1 aromatic heterocycles. The summed E-state index contributed by atoms with van der Waals surface area (Å²) < 4.78 is 1.42. The van der Waals surface area contributed by atoms with Gasteiger partial charge < -0.3 is 4.57 Å². The topological polar surface area (TPSA) is 68.4 Å². The Morgan fingerprint density at radius 2 is 2.00 bits per heavy atom. The summed E-state index contributed by atoms with van der Waals surface area (Å²) >= 11 is 1.93. The molecule has 1 fully saturated rings. The third kappa shape index (κ3) is 3.33. The van der Waals surface area contributed by atoms with Crippen LogP contribution in [0.25, 0.3) is 0 Å². The molecule has 0 atom stereocenters. The van der Waals surface area contributed by atoms with Crippen molar-refractivity contribution in [2.75, 3.05) is 31.1 Å². The molecule has 1 aromatic rings. The molecule has 0 amide bonds. The Hall–Kier alpha value is -1.34. The van der Waals surface area contributed by atoms with Crippen molar-refractivity contribution in [3.63, 3.8) is 0 Å². The first-order valence-corrected chi connectivity index (χ1v) is 6.97. The summed E-state index contributed by atoms with van der Waals surface area (Å²) in [7, 11) is 0. The lowest BCUT2D eigenvalue weighted by Crippen LogP contribution is -2.36. The van der Waals surface area contributed by atoms with Crippen LogP contribution < -0.4 is 5.56 Å². The molecule has 0 N–H and O–H groups in total. The van der Waals surface area contributed by atoms with E-state index in [4.69, 9.17) is 0 Å². The van der Waals surface area contributed by atoms with Crippen molar-refractivity contribution >= 4 is 17.4 Å². The van der Waals surface area contributed by atoms with Gasteiger partial charge in [-0.25, -0.2) is 0 Å². The number of hydrogen-bond donors (Lipinski definition) is 0. The molecule has 18 heavy (non-hydrogen) atoms. The zero-order valence-corrected chi connectivity index (χ0v) is 10.8. The standard InChI is InChI=1S/C11H15N3O3S/c15-11-2-1-10(14(16)17)9-13(11)4-3-12-5-7-18-8-6-12/h1-2,9H,3-8H2.